The molecule has 11 heavy (non-hydrogen) atoms. The van der Waals surface area contributed by atoms with E-state index in [9.17, 15) is 0 Å². The average molecular weight is 194 g/mol. The first-order valence-corrected chi connectivity index (χ1v) is 1.58. The van der Waals surface area contributed by atoms with E-state index in [0.29, 0.717) is 0 Å². The van der Waals surface area contributed by atoms with E-state index < -0.39 is 12.1 Å². The third-order valence-electron chi connectivity index (χ3n) is 0. The zero-order valence-corrected chi connectivity index (χ0v) is 4.16. The molecule has 0 rings (SSSR count). The quantitative estimate of drug-likeness (QED) is 0.402. The molecule has 0 fully saturated rings. The van der Waals surface area contributed by atoms with Gasteiger partial charge in [-0.25, -0.2) is 4.79 Å². The van der Waals surface area contributed by atoms with Crippen LogP contribution in [0.4, 0.5) is 4.79 Å². The van der Waals surface area contributed by atoms with Crippen molar-refractivity contribution in [2.45, 2.75) is 6.92 Å². The monoisotopic (exact) mass is 194 g/mol. The Hall–Kier alpha value is 1.74. The first-order valence-electron chi connectivity index (χ1n) is 1.58. The number of carboxylic acids is 1. The molecule has 0 amide bonds. The van der Waals surface area contributed by atoms with Gasteiger partial charge in [-0.05, 0) is 0 Å². The summed E-state index contributed by atoms with van der Waals surface area (Å²) < 4.78 is 0. The minimum atomic E-state index is -1.83. The van der Waals surface area contributed by atoms with Crippen LogP contribution in [-0.4, -0.2) is 116 Å². The Kier molecular flexibility index (Phi) is 60.2. The number of hydrogen-bond donors (Lipinski definition) is 3. The molecule has 0 aliphatic carbocycles. The van der Waals surface area contributed by atoms with E-state index in [-0.39, 0.29) is 88.7 Å². The van der Waals surface area contributed by atoms with Crippen molar-refractivity contribution in [1.29, 1.82) is 0 Å². The summed E-state index contributed by atoms with van der Waals surface area (Å²) in [6.07, 6.45) is -1.83. The molecule has 5 nitrogen and oxygen atoms in total. The zero-order chi connectivity index (χ0) is 7.15. The molecule has 54 valence electrons. The maximum atomic E-state index is 9.00. The average Bonchev–Trinajstić information content (AvgIpc) is 1.25. The van der Waals surface area contributed by atoms with Gasteiger partial charge in [0.05, 0.1) is 0 Å². The Labute approximate surface area is 130 Å². The molecule has 0 aliphatic heterocycles. The fourth-order valence-corrected chi connectivity index (χ4v) is 0. The third kappa shape index (κ3) is 368. The molecule has 0 saturated carbocycles. The Balaban J connectivity index is -0.0000000171. The van der Waals surface area contributed by atoms with Gasteiger partial charge in [0.15, 0.2) is 0 Å². The van der Waals surface area contributed by atoms with E-state index >= 15 is 0 Å². The normalized spacial score (nSPS) is 4.45. The second-order valence-corrected chi connectivity index (χ2v) is 0.802. The van der Waals surface area contributed by atoms with Gasteiger partial charge in [-0.3, -0.25) is 4.79 Å². The van der Waals surface area contributed by atoms with Crippen LogP contribution in [0.5, 0.6) is 0 Å². The summed E-state index contributed by atoms with van der Waals surface area (Å²) in [4.78, 5) is 17.6. The van der Waals surface area contributed by atoms with Crippen molar-refractivity contribution in [3.63, 3.8) is 0 Å². The van der Waals surface area contributed by atoms with Crippen LogP contribution in [0, 0.1) is 0 Å². The molecule has 0 radical (unpaired) electrons. The first kappa shape index (κ1) is 29.3. The van der Waals surface area contributed by atoms with Gasteiger partial charge in [-0.1, -0.05) is 0 Å². The van der Waals surface area contributed by atoms with Gasteiger partial charge in [0, 0.05) is 6.92 Å². The molecule has 0 atom stereocenters. The molecule has 0 aliphatic rings. The first-order chi connectivity index (χ1) is 3.46. The number of carboxylic acid groups (broad SMARTS) is 3. The van der Waals surface area contributed by atoms with Crippen LogP contribution in [0.1, 0.15) is 6.92 Å². The molecule has 0 aromatic rings. The fraction of sp³-hybridized carbons (Fsp3) is 0.333. The van der Waals surface area contributed by atoms with E-state index in [1.807, 2.05) is 0 Å². The number of rotatable bonds is 0. The van der Waals surface area contributed by atoms with Crippen LogP contribution in [0.3, 0.4) is 0 Å². The van der Waals surface area contributed by atoms with Crippen molar-refractivity contribution in [2.75, 3.05) is 0 Å². The molecule has 0 heterocycles. The minimum absolute atomic E-state index is 0. The topological polar surface area (TPSA) is 94.8 Å². The van der Waals surface area contributed by atoms with Gasteiger partial charge in [0.25, 0.3) is 5.97 Å². The van der Waals surface area contributed by atoms with Gasteiger partial charge in [0.1, 0.15) is 0 Å². The molecule has 0 aromatic heterocycles. The summed E-state index contributed by atoms with van der Waals surface area (Å²) in [6, 6.07) is 0. The predicted octanol–water partition coefficient (Wildman–Crippen LogP) is -1.63. The molecule has 8 heteroatoms. The molecule has 0 unspecified atom stereocenters. The van der Waals surface area contributed by atoms with Gasteiger partial charge in [0.2, 0.25) is 0 Å². The van der Waals surface area contributed by atoms with Crippen molar-refractivity contribution in [3.8, 4) is 0 Å². The van der Waals surface area contributed by atoms with Crippen molar-refractivity contribution in [2.24, 2.45) is 0 Å². The molecular formula is C3H9Na3O5. The number of aliphatic carboxylic acids is 1. The zero-order valence-electron chi connectivity index (χ0n) is 4.16. The SMILES string of the molecule is CC(=O)O.O=C(O)O.[NaH].[NaH].[NaH]. The van der Waals surface area contributed by atoms with Crippen LogP contribution in [0.2, 0.25) is 0 Å². The van der Waals surface area contributed by atoms with E-state index in [1.165, 1.54) is 0 Å². The summed E-state index contributed by atoms with van der Waals surface area (Å²) in [5, 5.41) is 21.4. The molecule has 0 aromatic carbocycles. The van der Waals surface area contributed by atoms with E-state index in [2.05, 4.69) is 0 Å². The second kappa shape index (κ2) is 22.6. The summed E-state index contributed by atoms with van der Waals surface area (Å²) in [7, 11) is 0. The third-order valence-corrected chi connectivity index (χ3v) is 0. The van der Waals surface area contributed by atoms with Crippen LogP contribution in [-0.2, 0) is 4.79 Å². The fourth-order valence-electron chi connectivity index (χ4n) is 0. The van der Waals surface area contributed by atoms with Crippen LogP contribution in [0.15, 0.2) is 0 Å². The van der Waals surface area contributed by atoms with Crippen molar-refractivity contribution >= 4 is 101 Å². The molecule has 0 bridgehead atoms. The Morgan fingerprint density at radius 3 is 0.909 bits per heavy atom. The van der Waals surface area contributed by atoms with E-state index in [0.717, 1.165) is 6.92 Å². The van der Waals surface area contributed by atoms with Crippen LogP contribution >= 0.6 is 0 Å². The molecular weight excluding hydrogens is 185 g/mol. The summed E-state index contributed by atoms with van der Waals surface area (Å²) >= 11 is 0. The summed E-state index contributed by atoms with van der Waals surface area (Å²) in [5.74, 6) is -0.833. The maximum absolute atomic E-state index is 9.00. The Morgan fingerprint density at radius 1 is 0.909 bits per heavy atom. The molecule has 0 spiro atoms. The Morgan fingerprint density at radius 2 is 0.909 bits per heavy atom. The van der Waals surface area contributed by atoms with Gasteiger partial charge < -0.3 is 15.3 Å². The molecule has 3 N–H and O–H groups in total. The summed E-state index contributed by atoms with van der Waals surface area (Å²) in [5.41, 5.74) is 0. The van der Waals surface area contributed by atoms with Crippen LogP contribution in [0.25, 0.3) is 0 Å². The summed E-state index contributed by atoms with van der Waals surface area (Å²) in [6.45, 7) is 1.08. The van der Waals surface area contributed by atoms with Crippen molar-refractivity contribution in [3.05, 3.63) is 0 Å². The van der Waals surface area contributed by atoms with Gasteiger partial charge in [-0.2, -0.15) is 0 Å². The number of carbonyl (C=O) groups is 2. The van der Waals surface area contributed by atoms with Crippen molar-refractivity contribution < 1.29 is 24.9 Å². The number of hydrogen-bond acceptors (Lipinski definition) is 2. The Bertz CT molecular complexity index is 75.0. The van der Waals surface area contributed by atoms with Crippen LogP contribution < -0.4 is 0 Å². The van der Waals surface area contributed by atoms with Gasteiger partial charge >= 0.3 is 94.8 Å². The van der Waals surface area contributed by atoms with E-state index in [4.69, 9.17) is 24.9 Å². The van der Waals surface area contributed by atoms with Gasteiger partial charge in [-0.15, -0.1) is 0 Å². The predicted molar refractivity (Wildman–Crippen MR) is 45.4 cm³/mol. The van der Waals surface area contributed by atoms with Crippen molar-refractivity contribution in [1.82, 2.24) is 0 Å². The molecule has 0 saturated heterocycles. The second-order valence-electron chi connectivity index (χ2n) is 0.802. The van der Waals surface area contributed by atoms with E-state index in [1.54, 1.807) is 0 Å². The standard InChI is InChI=1S/C2H4O2.CH2O3.3Na.3H/c1-2(3)4;2-1(3)4;;;;;;/h1H3,(H,3,4);(H2,2,3,4);;;;;;.